The second kappa shape index (κ2) is 7.76. The van der Waals surface area contributed by atoms with Gasteiger partial charge in [0.1, 0.15) is 5.75 Å². The fraction of sp³-hybridized carbons (Fsp3) is 0.500. The van der Waals surface area contributed by atoms with Gasteiger partial charge in [-0.3, -0.25) is 4.79 Å². The SMILES string of the molecule is CCOc1cc(Cl)ccc1NC(=O)CC1CSCCN1. The summed E-state index contributed by atoms with van der Waals surface area (Å²) >= 11 is 7.82. The van der Waals surface area contributed by atoms with Crippen LogP contribution in [0.3, 0.4) is 0 Å². The first-order valence-electron chi connectivity index (χ1n) is 6.72. The van der Waals surface area contributed by atoms with E-state index in [2.05, 4.69) is 10.6 Å². The maximum atomic E-state index is 12.1. The van der Waals surface area contributed by atoms with Crippen molar-refractivity contribution in [1.82, 2.24) is 5.32 Å². The third-order valence-electron chi connectivity index (χ3n) is 2.95. The molecule has 0 aromatic heterocycles. The molecule has 0 saturated carbocycles. The van der Waals surface area contributed by atoms with Crippen molar-refractivity contribution in [2.24, 2.45) is 0 Å². The number of ether oxygens (including phenoxy) is 1. The van der Waals surface area contributed by atoms with Gasteiger partial charge in [0, 0.05) is 41.6 Å². The van der Waals surface area contributed by atoms with Crippen LogP contribution in [0.2, 0.25) is 5.02 Å². The first-order valence-corrected chi connectivity index (χ1v) is 8.25. The van der Waals surface area contributed by atoms with Gasteiger partial charge in [0.25, 0.3) is 0 Å². The molecule has 2 N–H and O–H groups in total. The van der Waals surface area contributed by atoms with Gasteiger partial charge in [-0.1, -0.05) is 11.6 Å². The Morgan fingerprint density at radius 1 is 1.60 bits per heavy atom. The fourth-order valence-electron chi connectivity index (χ4n) is 2.05. The molecule has 0 spiro atoms. The van der Waals surface area contributed by atoms with Crippen molar-refractivity contribution in [3.05, 3.63) is 23.2 Å². The molecule has 1 saturated heterocycles. The van der Waals surface area contributed by atoms with Crippen molar-refractivity contribution in [3.63, 3.8) is 0 Å². The smallest absolute Gasteiger partial charge is 0.226 e. The maximum Gasteiger partial charge on any atom is 0.226 e. The predicted octanol–water partition coefficient (Wildman–Crippen LogP) is 2.77. The monoisotopic (exact) mass is 314 g/mol. The number of nitrogens with one attached hydrogen (secondary N) is 2. The Balaban J connectivity index is 1.96. The number of thioether (sulfide) groups is 1. The van der Waals surface area contributed by atoms with Crippen LogP contribution < -0.4 is 15.4 Å². The zero-order valence-electron chi connectivity index (χ0n) is 11.4. The third kappa shape index (κ3) is 4.58. The highest BCUT2D eigenvalue weighted by Gasteiger charge is 2.17. The van der Waals surface area contributed by atoms with Gasteiger partial charge in [-0.15, -0.1) is 0 Å². The standard InChI is InChI=1S/C14H19ClN2O2S/c1-2-19-13-7-10(15)3-4-12(13)17-14(18)8-11-9-20-6-5-16-11/h3-4,7,11,16H,2,5-6,8-9H2,1H3,(H,17,18). The summed E-state index contributed by atoms with van der Waals surface area (Å²) in [7, 11) is 0. The molecule has 1 amide bonds. The summed E-state index contributed by atoms with van der Waals surface area (Å²) < 4.78 is 5.49. The van der Waals surface area contributed by atoms with E-state index in [0.717, 1.165) is 18.1 Å². The van der Waals surface area contributed by atoms with Crippen LogP contribution in [0.25, 0.3) is 0 Å². The predicted molar refractivity (Wildman–Crippen MR) is 85.0 cm³/mol. The minimum absolute atomic E-state index is 0.00623. The fourth-order valence-corrected chi connectivity index (χ4v) is 3.16. The quantitative estimate of drug-likeness (QED) is 0.877. The normalized spacial score (nSPS) is 18.6. The van der Waals surface area contributed by atoms with Crippen molar-refractivity contribution in [2.75, 3.05) is 30.0 Å². The van der Waals surface area contributed by atoms with E-state index in [0.29, 0.717) is 29.5 Å². The van der Waals surface area contributed by atoms with Crippen LogP contribution in [-0.4, -0.2) is 36.6 Å². The van der Waals surface area contributed by atoms with Crippen LogP contribution in [0, 0.1) is 0 Å². The Hall–Kier alpha value is -0.910. The third-order valence-corrected chi connectivity index (χ3v) is 4.31. The molecule has 20 heavy (non-hydrogen) atoms. The minimum atomic E-state index is -0.00623. The van der Waals surface area contributed by atoms with Crippen molar-refractivity contribution in [1.29, 1.82) is 0 Å². The zero-order valence-corrected chi connectivity index (χ0v) is 13.0. The van der Waals surface area contributed by atoms with E-state index in [-0.39, 0.29) is 11.9 Å². The molecular weight excluding hydrogens is 296 g/mol. The second-order valence-corrected chi connectivity index (χ2v) is 6.14. The molecule has 1 fully saturated rings. The molecule has 2 rings (SSSR count). The van der Waals surface area contributed by atoms with Gasteiger partial charge in [0.05, 0.1) is 12.3 Å². The summed E-state index contributed by atoms with van der Waals surface area (Å²) in [5.74, 6) is 2.70. The van der Waals surface area contributed by atoms with Crippen LogP contribution in [0.4, 0.5) is 5.69 Å². The van der Waals surface area contributed by atoms with Crippen molar-refractivity contribution in [3.8, 4) is 5.75 Å². The first kappa shape index (κ1) is 15.5. The lowest BCUT2D eigenvalue weighted by Crippen LogP contribution is -2.39. The number of carbonyl (C=O) groups is 1. The molecule has 1 unspecified atom stereocenters. The molecule has 1 heterocycles. The number of anilines is 1. The molecule has 1 atom stereocenters. The lowest BCUT2D eigenvalue weighted by molar-refractivity contribution is -0.116. The number of carbonyl (C=O) groups excluding carboxylic acids is 1. The molecular formula is C14H19ClN2O2S. The van der Waals surface area contributed by atoms with E-state index in [4.69, 9.17) is 16.3 Å². The van der Waals surface area contributed by atoms with E-state index >= 15 is 0 Å². The van der Waals surface area contributed by atoms with E-state index in [1.807, 2.05) is 18.7 Å². The van der Waals surface area contributed by atoms with Crippen LogP contribution in [0.1, 0.15) is 13.3 Å². The van der Waals surface area contributed by atoms with E-state index in [1.165, 1.54) is 0 Å². The Kier molecular flexibility index (Phi) is 6.01. The summed E-state index contributed by atoms with van der Waals surface area (Å²) in [6, 6.07) is 5.48. The van der Waals surface area contributed by atoms with E-state index < -0.39 is 0 Å². The molecule has 1 aliphatic heterocycles. The highest BCUT2D eigenvalue weighted by molar-refractivity contribution is 7.99. The molecule has 110 valence electrons. The topological polar surface area (TPSA) is 50.4 Å². The maximum absolute atomic E-state index is 12.1. The van der Waals surface area contributed by atoms with Gasteiger partial charge >= 0.3 is 0 Å². The Morgan fingerprint density at radius 3 is 3.15 bits per heavy atom. The second-order valence-electron chi connectivity index (χ2n) is 4.55. The van der Waals surface area contributed by atoms with Crippen molar-refractivity contribution >= 4 is 35.0 Å². The molecule has 1 aromatic carbocycles. The molecule has 0 radical (unpaired) electrons. The lowest BCUT2D eigenvalue weighted by atomic mass is 10.2. The largest absolute Gasteiger partial charge is 0.492 e. The van der Waals surface area contributed by atoms with Crippen molar-refractivity contribution < 1.29 is 9.53 Å². The van der Waals surface area contributed by atoms with Gasteiger partial charge < -0.3 is 15.4 Å². The number of hydrogen-bond donors (Lipinski definition) is 2. The lowest BCUT2D eigenvalue weighted by Gasteiger charge is -2.22. The number of hydrogen-bond acceptors (Lipinski definition) is 4. The number of halogens is 1. The van der Waals surface area contributed by atoms with Crippen LogP contribution in [-0.2, 0) is 4.79 Å². The average molecular weight is 315 g/mol. The molecule has 0 bridgehead atoms. The van der Waals surface area contributed by atoms with Crippen LogP contribution >= 0.6 is 23.4 Å². The zero-order chi connectivity index (χ0) is 14.4. The molecule has 6 heteroatoms. The summed E-state index contributed by atoms with van der Waals surface area (Å²) in [6.45, 7) is 3.40. The van der Waals surface area contributed by atoms with Gasteiger partial charge in [-0.2, -0.15) is 11.8 Å². The number of amides is 1. The summed E-state index contributed by atoms with van der Waals surface area (Å²) in [4.78, 5) is 12.1. The van der Waals surface area contributed by atoms with Gasteiger partial charge in [-0.05, 0) is 19.1 Å². The summed E-state index contributed by atoms with van der Waals surface area (Å²) in [5.41, 5.74) is 0.671. The molecule has 4 nitrogen and oxygen atoms in total. The minimum Gasteiger partial charge on any atom is -0.492 e. The summed E-state index contributed by atoms with van der Waals surface area (Å²) in [6.07, 6.45) is 0.473. The Bertz CT molecular complexity index is 464. The van der Waals surface area contributed by atoms with Gasteiger partial charge in [-0.25, -0.2) is 0 Å². The average Bonchev–Trinajstić information content (AvgIpc) is 2.43. The molecule has 0 aliphatic carbocycles. The Morgan fingerprint density at radius 2 is 2.45 bits per heavy atom. The van der Waals surface area contributed by atoms with Gasteiger partial charge in [0.15, 0.2) is 0 Å². The van der Waals surface area contributed by atoms with Gasteiger partial charge in [0.2, 0.25) is 5.91 Å². The van der Waals surface area contributed by atoms with E-state index in [9.17, 15) is 4.79 Å². The highest BCUT2D eigenvalue weighted by Crippen LogP contribution is 2.28. The Labute approximate surface area is 128 Å². The summed E-state index contributed by atoms with van der Waals surface area (Å²) in [5, 5.41) is 6.84. The number of benzene rings is 1. The van der Waals surface area contributed by atoms with E-state index in [1.54, 1.807) is 18.2 Å². The van der Waals surface area contributed by atoms with Crippen molar-refractivity contribution in [2.45, 2.75) is 19.4 Å². The van der Waals surface area contributed by atoms with Crippen LogP contribution in [0.15, 0.2) is 18.2 Å². The molecule has 1 aliphatic rings. The highest BCUT2D eigenvalue weighted by atomic mass is 35.5. The molecule has 1 aromatic rings. The van der Waals surface area contributed by atoms with Crippen LogP contribution in [0.5, 0.6) is 5.75 Å². The number of rotatable bonds is 5. The first-order chi connectivity index (χ1) is 9.69.